The van der Waals surface area contributed by atoms with Crippen LogP contribution in [0.25, 0.3) is 0 Å². The number of imide groups is 1. The molecule has 0 spiro atoms. The number of hydrogen-bond acceptors (Lipinski definition) is 4. The first-order valence-electron chi connectivity index (χ1n) is 9.42. The standard InChI is InChI=1S/C20H27N3O3.ClH/c21-13-20(8-2-1-3-9-20)12-18(25)22-16-6-4-14(5-7-16)10-15-11-17(24)23-19(15)26;/h4-7,15H,1-3,8-13,21H2,(H,22,25)(H,23,24,26);1H. The van der Waals surface area contributed by atoms with Gasteiger partial charge in [0, 0.05) is 18.5 Å². The second-order valence-corrected chi connectivity index (χ2v) is 7.70. The van der Waals surface area contributed by atoms with E-state index in [1.165, 1.54) is 6.42 Å². The van der Waals surface area contributed by atoms with Crippen molar-refractivity contribution in [2.24, 2.45) is 17.1 Å². The first-order valence-corrected chi connectivity index (χ1v) is 9.42. The van der Waals surface area contributed by atoms with Gasteiger partial charge in [-0.05, 0) is 48.9 Å². The smallest absolute Gasteiger partial charge is 0.230 e. The Kier molecular flexibility index (Phi) is 7.39. The Balaban J connectivity index is 0.00000261. The zero-order chi connectivity index (χ0) is 18.6. The molecule has 27 heavy (non-hydrogen) atoms. The molecule has 6 nitrogen and oxygen atoms in total. The Labute approximate surface area is 166 Å². The largest absolute Gasteiger partial charge is 0.330 e. The molecular weight excluding hydrogens is 366 g/mol. The summed E-state index contributed by atoms with van der Waals surface area (Å²) in [6, 6.07) is 7.48. The van der Waals surface area contributed by atoms with E-state index in [1.807, 2.05) is 24.3 Å². The van der Waals surface area contributed by atoms with Crippen molar-refractivity contribution in [3.05, 3.63) is 29.8 Å². The molecule has 3 rings (SSSR count). The maximum atomic E-state index is 12.4. The Morgan fingerprint density at radius 2 is 1.81 bits per heavy atom. The van der Waals surface area contributed by atoms with E-state index in [2.05, 4.69) is 10.6 Å². The average Bonchev–Trinajstić information content (AvgIpc) is 2.94. The van der Waals surface area contributed by atoms with Gasteiger partial charge in [0.1, 0.15) is 0 Å². The zero-order valence-corrected chi connectivity index (χ0v) is 16.3. The van der Waals surface area contributed by atoms with Gasteiger partial charge in [-0.2, -0.15) is 0 Å². The quantitative estimate of drug-likeness (QED) is 0.646. The van der Waals surface area contributed by atoms with E-state index >= 15 is 0 Å². The third-order valence-electron chi connectivity index (χ3n) is 5.67. The minimum atomic E-state index is -0.293. The summed E-state index contributed by atoms with van der Waals surface area (Å²) >= 11 is 0. The molecule has 1 saturated heterocycles. The molecule has 3 amide bonds. The number of nitrogens with two attached hydrogens (primary N) is 1. The van der Waals surface area contributed by atoms with Crippen LogP contribution in [0.5, 0.6) is 0 Å². The lowest BCUT2D eigenvalue weighted by Gasteiger charge is -2.35. The van der Waals surface area contributed by atoms with Crippen LogP contribution < -0.4 is 16.4 Å². The van der Waals surface area contributed by atoms with Gasteiger partial charge in [-0.25, -0.2) is 0 Å². The van der Waals surface area contributed by atoms with Crippen LogP contribution in [0.3, 0.4) is 0 Å². The lowest BCUT2D eigenvalue weighted by molar-refractivity contribution is -0.126. The van der Waals surface area contributed by atoms with Crippen molar-refractivity contribution in [1.82, 2.24) is 5.32 Å². The highest BCUT2D eigenvalue weighted by Gasteiger charge is 2.33. The lowest BCUT2D eigenvalue weighted by Crippen LogP contribution is -2.36. The summed E-state index contributed by atoms with van der Waals surface area (Å²) in [4.78, 5) is 35.3. The lowest BCUT2D eigenvalue weighted by atomic mass is 9.71. The minimum Gasteiger partial charge on any atom is -0.330 e. The molecule has 0 bridgehead atoms. The molecule has 7 heteroatoms. The summed E-state index contributed by atoms with van der Waals surface area (Å²) in [7, 11) is 0. The highest BCUT2D eigenvalue weighted by atomic mass is 35.5. The molecule has 1 atom stereocenters. The third kappa shape index (κ3) is 5.53. The van der Waals surface area contributed by atoms with Crippen LogP contribution >= 0.6 is 12.4 Å². The molecule has 1 heterocycles. The van der Waals surface area contributed by atoms with E-state index in [1.54, 1.807) is 0 Å². The number of benzene rings is 1. The van der Waals surface area contributed by atoms with Crippen LogP contribution in [-0.4, -0.2) is 24.3 Å². The normalized spacial score (nSPS) is 21.3. The van der Waals surface area contributed by atoms with Gasteiger partial charge in [0.05, 0.1) is 5.92 Å². The Morgan fingerprint density at radius 3 is 2.37 bits per heavy atom. The second kappa shape index (κ2) is 9.33. The Bertz CT molecular complexity index is 684. The van der Waals surface area contributed by atoms with Gasteiger partial charge in [0.2, 0.25) is 17.7 Å². The fraction of sp³-hybridized carbons (Fsp3) is 0.550. The van der Waals surface area contributed by atoms with Crippen LogP contribution in [0, 0.1) is 11.3 Å². The fourth-order valence-corrected chi connectivity index (χ4v) is 4.08. The number of rotatable bonds is 6. The van der Waals surface area contributed by atoms with E-state index in [0.29, 0.717) is 19.4 Å². The summed E-state index contributed by atoms with van der Waals surface area (Å²) in [5.41, 5.74) is 7.63. The number of amides is 3. The van der Waals surface area contributed by atoms with Crippen LogP contribution in [0.2, 0.25) is 0 Å². The van der Waals surface area contributed by atoms with Crippen LogP contribution in [0.15, 0.2) is 24.3 Å². The summed E-state index contributed by atoms with van der Waals surface area (Å²) < 4.78 is 0. The van der Waals surface area contributed by atoms with Crippen molar-refractivity contribution in [2.45, 2.75) is 51.4 Å². The number of nitrogens with one attached hydrogen (secondary N) is 2. The maximum Gasteiger partial charge on any atom is 0.230 e. The van der Waals surface area contributed by atoms with Gasteiger partial charge in [-0.1, -0.05) is 31.4 Å². The molecule has 1 saturated carbocycles. The van der Waals surface area contributed by atoms with Gasteiger partial charge in [-0.15, -0.1) is 12.4 Å². The summed E-state index contributed by atoms with van der Waals surface area (Å²) in [5.74, 6) is -0.697. The van der Waals surface area contributed by atoms with Crippen molar-refractivity contribution in [2.75, 3.05) is 11.9 Å². The predicted octanol–water partition coefficient (Wildman–Crippen LogP) is 2.55. The van der Waals surface area contributed by atoms with Crippen molar-refractivity contribution < 1.29 is 14.4 Å². The molecule has 148 valence electrons. The molecule has 2 aliphatic rings. The highest BCUT2D eigenvalue weighted by Crippen LogP contribution is 2.38. The van der Waals surface area contributed by atoms with Gasteiger partial charge >= 0.3 is 0 Å². The van der Waals surface area contributed by atoms with E-state index in [-0.39, 0.29) is 47.9 Å². The summed E-state index contributed by atoms with van der Waals surface area (Å²) in [6.07, 6.45) is 6.83. The first-order chi connectivity index (χ1) is 12.5. The molecule has 0 aromatic heterocycles. The topological polar surface area (TPSA) is 101 Å². The molecule has 4 N–H and O–H groups in total. The van der Waals surface area contributed by atoms with E-state index in [9.17, 15) is 14.4 Å². The molecule has 1 aromatic rings. The molecule has 1 unspecified atom stereocenters. The van der Waals surface area contributed by atoms with Gasteiger partial charge in [0.15, 0.2) is 0 Å². The number of halogens is 1. The minimum absolute atomic E-state index is 0. The summed E-state index contributed by atoms with van der Waals surface area (Å²) in [5, 5.41) is 5.28. The average molecular weight is 394 g/mol. The zero-order valence-electron chi connectivity index (χ0n) is 15.5. The Hall–Kier alpha value is -1.92. The SMILES string of the molecule is Cl.NCC1(CC(=O)Nc2ccc(CC3CC(=O)NC3=O)cc2)CCCCC1. The monoisotopic (exact) mass is 393 g/mol. The van der Waals surface area contributed by atoms with Crippen molar-refractivity contribution in [3.8, 4) is 0 Å². The van der Waals surface area contributed by atoms with Crippen molar-refractivity contribution in [1.29, 1.82) is 0 Å². The van der Waals surface area contributed by atoms with Crippen molar-refractivity contribution >= 4 is 35.8 Å². The third-order valence-corrected chi connectivity index (χ3v) is 5.67. The molecule has 1 aromatic carbocycles. The molecule has 1 aliphatic carbocycles. The van der Waals surface area contributed by atoms with E-state index in [4.69, 9.17) is 5.73 Å². The highest BCUT2D eigenvalue weighted by molar-refractivity contribution is 6.03. The maximum absolute atomic E-state index is 12.4. The second-order valence-electron chi connectivity index (χ2n) is 7.70. The fourth-order valence-electron chi connectivity index (χ4n) is 4.08. The number of hydrogen-bond donors (Lipinski definition) is 3. The number of carbonyl (C=O) groups is 3. The van der Waals surface area contributed by atoms with E-state index < -0.39 is 0 Å². The van der Waals surface area contributed by atoms with Gasteiger partial charge < -0.3 is 11.1 Å². The van der Waals surface area contributed by atoms with Crippen LogP contribution in [0.1, 0.15) is 50.5 Å². The molecule has 1 aliphatic heterocycles. The first kappa shape index (κ1) is 21.4. The number of carbonyl (C=O) groups excluding carboxylic acids is 3. The van der Waals surface area contributed by atoms with E-state index in [0.717, 1.165) is 36.9 Å². The van der Waals surface area contributed by atoms with Gasteiger partial charge in [-0.3, -0.25) is 19.7 Å². The van der Waals surface area contributed by atoms with Crippen LogP contribution in [0.4, 0.5) is 5.69 Å². The molecule has 0 radical (unpaired) electrons. The molecule has 2 fully saturated rings. The van der Waals surface area contributed by atoms with Gasteiger partial charge in [0.25, 0.3) is 0 Å². The number of anilines is 1. The van der Waals surface area contributed by atoms with Crippen LogP contribution in [-0.2, 0) is 20.8 Å². The van der Waals surface area contributed by atoms with Crippen molar-refractivity contribution in [3.63, 3.8) is 0 Å². The summed E-state index contributed by atoms with van der Waals surface area (Å²) in [6.45, 7) is 0.557. The Morgan fingerprint density at radius 1 is 1.15 bits per heavy atom. The predicted molar refractivity (Wildman–Crippen MR) is 106 cm³/mol. The molecular formula is C20H28ClN3O3.